The number of carbonyl (C=O) groups excluding carboxylic acids is 2. The number of benzene rings is 2. The van der Waals surface area contributed by atoms with Crippen LogP contribution >= 0.6 is 0 Å². The Morgan fingerprint density at radius 2 is 1.62 bits per heavy atom. The molecule has 2 aromatic rings. The molecule has 4 N–H and O–H groups in total. The molecule has 3 rings (SSSR count). The van der Waals surface area contributed by atoms with Crippen LogP contribution in [-0.4, -0.2) is 53.5 Å². The maximum absolute atomic E-state index is 12.6. The summed E-state index contributed by atoms with van der Waals surface area (Å²) in [7, 11) is 0. The highest BCUT2D eigenvalue weighted by molar-refractivity contribution is 5.86. The Morgan fingerprint density at radius 1 is 1.03 bits per heavy atom. The Labute approximate surface area is 198 Å². The smallest absolute Gasteiger partial charge is 0.407 e. The van der Waals surface area contributed by atoms with Gasteiger partial charge in [-0.25, -0.2) is 9.59 Å². The van der Waals surface area contributed by atoms with Gasteiger partial charge in [-0.3, -0.25) is 4.79 Å². The number of allylic oxidation sites excluding steroid dienone is 1. The minimum Gasteiger partial charge on any atom is -0.479 e. The molecule has 180 valence electrons. The van der Waals surface area contributed by atoms with Crippen LogP contribution in [0.25, 0.3) is 11.1 Å². The van der Waals surface area contributed by atoms with Gasteiger partial charge in [0.15, 0.2) is 6.10 Å². The number of carboxylic acid groups (broad SMARTS) is 1. The van der Waals surface area contributed by atoms with Crippen molar-refractivity contribution in [3.8, 4) is 11.1 Å². The highest BCUT2D eigenvalue weighted by Gasteiger charge is 2.29. The first-order valence-electron chi connectivity index (χ1n) is 11.2. The van der Waals surface area contributed by atoms with Crippen LogP contribution in [0, 0.1) is 0 Å². The minimum absolute atomic E-state index is 0.0377. The van der Waals surface area contributed by atoms with Gasteiger partial charge in [-0.1, -0.05) is 60.2 Å². The van der Waals surface area contributed by atoms with Crippen molar-refractivity contribution in [2.75, 3.05) is 13.2 Å². The van der Waals surface area contributed by atoms with Gasteiger partial charge in [0.2, 0.25) is 5.91 Å². The highest BCUT2D eigenvalue weighted by atomic mass is 16.5. The Kier molecular flexibility index (Phi) is 8.43. The number of fused-ring (bicyclic) bond motifs is 3. The van der Waals surface area contributed by atoms with Gasteiger partial charge in [-0.2, -0.15) is 0 Å². The molecule has 0 spiro atoms. The van der Waals surface area contributed by atoms with E-state index in [0.29, 0.717) is 0 Å². The van der Waals surface area contributed by atoms with Crippen molar-refractivity contribution in [1.82, 2.24) is 10.6 Å². The zero-order valence-electron chi connectivity index (χ0n) is 19.3. The van der Waals surface area contributed by atoms with Gasteiger partial charge in [0.1, 0.15) is 12.6 Å². The van der Waals surface area contributed by atoms with Crippen LogP contribution in [0.5, 0.6) is 0 Å². The van der Waals surface area contributed by atoms with Gasteiger partial charge in [0.05, 0.1) is 0 Å². The average molecular weight is 467 g/mol. The van der Waals surface area contributed by atoms with Crippen LogP contribution in [0.15, 0.2) is 60.2 Å². The summed E-state index contributed by atoms with van der Waals surface area (Å²) in [5.41, 5.74) is 5.40. The van der Waals surface area contributed by atoms with Gasteiger partial charge < -0.3 is 25.6 Å². The summed E-state index contributed by atoms with van der Waals surface area (Å²) < 4.78 is 5.53. The zero-order chi connectivity index (χ0) is 24.7. The first kappa shape index (κ1) is 25.0. The van der Waals surface area contributed by atoms with Crippen molar-refractivity contribution in [2.24, 2.45) is 0 Å². The molecule has 8 nitrogen and oxygen atoms in total. The molecular formula is C26H30N2O6. The topological polar surface area (TPSA) is 125 Å². The standard InChI is InChI=1S/C26H30N2O6/c1-16(2)11-12-22(24(30)27-14-13-23(29)25(31)32)28-26(33)34-15-21-19-9-5-3-7-17(19)18-8-4-6-10-20(18)21/h3-11,21-23,29H,12-15H2,1-2H3,(H,27,30)(H,28,33)(H,31,32). The van der Waals surface area contributed by atoms with E-state index < -0.39 is 30.1 Å². The fourth-order valence-corrected chi connectivity index (χ4v) is 3.95. The number of aliphatic carboxylic acids is 1. The molecule has 0 bridgehead atoms. The van der Waals surface area contributed by atoms with Gasteiger partial charge in [0.25, 0.3) is 0 Å². The SMILES string of the molecule is CC(C)=CCC(NC(=O)OCC1c2ccccc2-c2ccccc21)C(=O)NCCC(O)C(=O)O. The number of ether oxygens (including phenoxy) is 1. The van der Waals surface area contributed by atoms with Crippen LogP contribution in [0.2, 0.25) is 0 Å². The van der Waals surface area contributed by atoms with E-state index in [4.69, 9.17) is 9.84 Å². The molecule has 34 heavy (non-hydrogen) atoms. The fourth-order valence-electron chi connectivity index (χ4n) is 3.95. The third-order valence-electron chi connectivity index (χ3n) is 5.72. The van der Waals surface area contributed by atoms with Crippen molar-refractivity contribution in [2.45, 2.75) is 44.8 Å². The molecule has 2 atom stereocenters. The number of carbonyl (C=O) groups is 3. The quantitative estimate of drug-likeness (QED) is 0.399. The monoisotopic (exact) mass is 466 g/mol. The maximum atomic E-state index is 12.6. The third kappa shape index (κ3) is 6.23. The Bertz CT molecular complexity index is 1030. The second kappa shape index (κ2) is 11.5. The third-order valence-corrected chi connectivity index (χ3v) is 5.72. The maximum Gasteiger partial charge on any atom is 0.407 e. The van der Waals surface area contributed by atoms with Crippen LogP contribution in [-0.2, 0) is 14.3 Å². The van der Waals surface area contributed by atoms with E-state index in [2.05, 4.69) is 22.8 Å². The van der Waals surface area contributed by atoms with Crippen molar-refractivity contribution in [3.05, 3.63) is 71.3 Å². The van der Waals surface area contributed by atoms with E-state index in [1.165, 1.54) is 0 Å². The molecular weight excluding hydrogens is 436 g/mol. The van der Waals surface area contributed by atoms with E-state index in [0.717, 1.165) is 27.8 Å². The Morgan fingerprint density at radius 3 is 2.18 bits per heavy atom. The molecule has 8 heteroatoms. The van der Waals surface area contributed by atoms with Crippen LogP contribution in [0.3, 0.4) is 0 Å². The summed E-state index contributed by atoms with van der Waals surface area (Å²) in [5, 5.41) is 23.3. The average Bonchev–Trinajstić information content (AvgIpc) is 3.13. The number of hydrogen-bond donors (Lipinski definition) is 4. The number of hydrogen-bond acceptors (Lipinski definition) is 5. The van der Waals surface area contributed by atoms with Crippen molar-refractivity contribution >= 4 is 18.0 Å². The van der Waals surface area contributed by atoms with Gasteiger partial charge in [0, 0.05) is 18.9 Å². The van der Waals surface area contributed by atoms with E-state index in [9.17, 15) is 19.5 Å². The molecule has 0 heterocycles. The minimum atomic E-state index is -1.56. The second-order valence-corrected chi connectivity index (χ2v) is 8.47. The molecule has 2 unspecified atom stereocenters. The highest BCUT2D eigenvalue weighted by Crippen LogP contribution is 2.44. The number of amides is 2. The number of aliphatic hydroxyl groups excluding tert-OH is 1. The van der Waals surface area contributed by atoms with Crippen LogP contribution in [0.4, 0.5) is 4.79 Å². The first-order valence-corrected chi connectivity index (χ1v) is 11.2. The molecule has 0 aliphatic heterocycles. The molecule has 1 aliphatic carbocycles. The number of alkyl carbamates (subject to hydrolysis) is 1. The number of aliphatic hydroxyl groups is 1. The molecule has 0 saturated heterocycles. The number of nitrogens with one attached hydrogen (secondary N) is 2. The summed E-state index contributed by atoms with van der Waals surface area (Å²) >= 11 is 0. The molecule has 1 aliphatic rings. The van der Waals surface area contributed by atoms with Crippen molar-refractivity contribution in [1.29, 1.82) is 0 Å². The predicted molar refractivity (Wildman–Crippen MR) is 127 cm³/mol. The predicted octanol–water partition coefficient (Wildman–Crippen LogP) is 3.20. The van der Waals surface area contributed by atoms with Crippen molar-refractivity contribution in [3.63, 3.8) is 0 Å². The molecule has 0 fully saturated rings. The summed E-state index contributed by atoms with van der Waals surface area (Å²) in [6.07, 6.45) is -0.345. The fraction of sp³-hybridized carbons (Fsp3) is 0.346. The lowest BCUT2D eigenvalue weighted by atomic mass is 9.98. The summed E-state index contributed by atoms with van der Waals surface area (Å²) in [5.74, 6) is -1.93. The Balaban J connectivity index is 1.61. The molecule has 0 saturated carbocycles. The van der Waals surface area contributed by atoms with Crippen LogP contribution < -0.4 is 10.6 Å². The lowest BCUT2D eigenvalue weighted by Crippen LogP contribution is -2.47. The van der Waals surface area contributed by atoms with E-state index in [1.54, 1.807) is 0 Å². The number of carboxylic acids is 1. The van der Waals surface area contributed by atoms with Crippen LogP contribution in [0.1, 0.15) is 43.7 Å². The van der Waals surface area contributed by atoms with Gasteiger partial charge >= 0.3 is 12.1 Å². The van der Waals surface area contributed by atoms with Gasteiger partial charge in [-0.15, -0.1) is 0 Å². The first-order chi connectivity index (χ1) is 16.3. The molecule has 0 aromatic heterocycles. The van der Waals surface area contributed by atoms with Gasteiger partial charge in [-0.05, 0) is 42.5 Å². The Hall–Kier alpha value is -3.65. The second-order valence-electron chi connectivity index (χ2n) is 8.47. The largest absolute Gasteiger partial charge is 0.479 e. The summed E-state index contributed by atoms with van der Waals surface area (Å²) in [6, 6.07) is 15.1. The normalized spacial score (nSPS) is 13.7. The van der Waals surface area contributed by atoms with E-state index in [1.807, 2.05) is 56.3 Å². The molecule has 2 aromatic carbocycles. The molecule has 0 radical (unpaired) electrons. The lowest BCUT2D eigenvalue weighted by Gasteiger charge is -2.19. The summed E-state index contributed by atoms with van der Waals surface area (Å²) in [4.78, 5) is 35.9. The van der Waals surface area contributed by atoms with E-state index in [-0.39, 0.29) is 31.9 Å². The van der Waals surface area contributed by atoms with Crippen molar-refractivity contribution < 1.29 is 29.3 Å². The number of rotatable bonds is 10. The zero-order valence-corrected chi connectivity index (χ0v) is 19.3. The summed E-state index contributed by atoms with van der Waals surface area (Å²) in [6.45, 7) is 3.85. The lowest BCUT2D eigenvalue weighted by molar-refractivity contribution is -0.147. The molecule has 2 amide bonds. The van der Waals surface area contributed by atoms with E-state index >= 15 is 0 Å².